The zero-order valence-electron chi connectivity index (χ0n) is 14.8. The molecule has 6 nitrogen and oxygen atoms in total. The fourth-order valence-electron chi connectivity index (χ4n) is 2.18. The molecule has 0 aliphatic heterocycles. The smallest absolute Gasteiger partial charge is 0.258 e. The molecule has 0 unspecified atom stereocenters. The van der Waals surface area contributed by atoms with Gasteiger partial charge in [-0.1, -0.05) is 35.3 Å². The van der Waals surface area contributed by atoms with E-state index in [1.165, 1.54) is 6.07 Å². The molecule has 0 saturated heterocycles. The number of benzene rings is 2. The monoisotopic (exact) mass is 410 g/mol. The lowest BCUT2D eigenvalue weighted by molar-refractivity contribution is -0.123. The molecule has 8 heteroatoms. The van der Waals surface area contributed by atoms with Crippen molar-refractivity contribution in [2.45, 2.75) is 6.92 Å². The Morgan fingerprint density at radius 2 is 1.63 bits per heavy atom. The molecule has 0 saturated carbocycles. The summed E-state index contributed by atoms with van der Waals surface area (Å²) in [5, 5.41) is 6.05. The Balaban J connectivity index is 1.72. The molecule has 0 spiro atoms. The summed E-state index contributed by atoms with van der Waals surface area (Å²) in [7, 11) is 0. The molecule has 0 heterocycles. The van der Waals surface area contributed by atoms with Crippen LogP contribution in [0.15, 0.2) is 42.5 Å². The number of hydrogen-bond acceptors (Lipinski definition) is 4. The lowest BCUT2D eigenvalue weighted by atomic mass is 10.2. The van der Waals surface area contributed by atoms with E-state index in [4.69, 9.17) is 32.7 Å². The van der Waals surface area contributed by atoms with Crippen molar-refractivity contribution >= 4 is 35.0 Å². The second-order valence-electron chi connectivity index (χ2n) is 5.40. The van der Waals surface area contributed by atoms with Crippen molar-refractivity contribution in [2.24, 2.45) is 0 Å². The van der Waals surface area contributed by atoms with Crippen molar-refractivity contribution < 1.29 is 19.1 Å². The van der Waals surface area contributed by atoms with Crippen LogP contribution < -0.4 is 20.1 Å². The molecular formula is C19H20Cl2N2O4. The van der Waals surface area contributed by atoms with Crippen LogP contribution in [-0.2, 0) is 4.79 Å². The average Bonchev–Trinajstić information content (AvgIpc) is 2.66. The molecule has 0 fully saturated rings. The number of ether oxygens (including phenoxy) is 2. The van der Waals surface area contributed by atoms with Crippen LogP contribution in [0.3, 0.4) is 0 Å². The maximum atomic E-state index is 12.1. The quantitative estimate of drug-likeness (QED) is 0.621. The number of hydrogen-bond donors (Lipinski definition) is 2. The number of halogens is 2. The zero-order chi connectivity index (χ0) is 19.6. The summed E-state index contributed by atoms with van der Waals surface area (Å²) < 4.78 is 10.9. The number of para-hydroxylation sites is 2. The van der Waals surface area contributed by atoms with Crippen LogP contribution in [0.1, 0.15) is 17.3 Å². The van der Waals surface area contributed by atoms with Crippen molar-refractivity contribution in [3.8, 4) is 11.5 Å². The molecule has 2 aromatic rings. The van der Waals surface area contributed by atoms with E-state index in [0.717, 1.165) is 0 Å². The Labute approximate surface area is 167 Å². The largest absolute Gasteiger partial charge is 0.490 e. The summed E-state index contributed by atoms with van der Waals surface area (Å²) in [5.74, 6) is 0.409. The van der Waals surface area contributed by atoms with Gasteiger partial charge >= 0.3 is 0 Å². The van der Waals surface area contributed by atoms with E-state index in [2.05, 4.69) is 10.6 Å². The van der Waals surface area contributed by atoms with Crippen LogP contribution >= 0.6 is 23.2 Å². The van der Waals surface area contributed by atoms with Gasteiger partial charge in [-0.2, -0.15) is 0 Å². The van der Waals surface area contributed by atoms with E-state index in [1.807, 2.05) is 13.0 Å². The van der Waals surface area contributed by atoms with E-state index >= 15 is 0 Å². The number of amides is 2. The highest BCUT2D eigenvalue weighted by Gasteiger charge is 2.11. The van der Waals surface area contributed by atoms with E-state index < -0.39 is 0 Å². The minimum Gasteiger partial charge on any atom is -0.490 e. The molecule has 0 bridgehead atoms. The van der Waals surface area contributed by atoms with Crippen LogP contribution in [0, 0.1) is 0 Å². The van der Waals surface area contributed by atoms with Crippen molar-refractivity contribution in [2.75, 3.05) is 26.3 Å². The molecule has 2 N–H and O–H groups in total. The van der Waals surface area contributed by atoms with Gasteiger partial charge in [-0.05, 0) is 37.3 Å². The number of carbonyl (C=O) groups excluding carboxylic acids is 2. The van der Waals surface area contributed by atoms with Crippen molar-refractivity contribution in [1.29, 1.82) is 0 Å². The van der Waals surface area contributed by atoms with Crippen LogP contribution in [0.2, 0.25) is 10.0 Å². The third-order valence-electron chi connectivity index (χ3n) is 3.41. The summed E-state index contributed by atoms with van der Waals surface area (Å²) in [6.07, 6.45) is 0. The minimum absolute atomic E-state index is 0.155. The Hall–Kier alpha value is -2.44. The standard InChI is InChI=1S/C19H20Cl2N2O4/c1-2-26-16-5-3-4-6-17(16)27-12-18(24)22-9-10-23-19(25)14-11-13(20)7-8-15(14)21/h3-8,11H,2,9-10,12H2,1H3,(H,22,24)(H,23,25). The molecule has 144 valence electrons. The maximum absolute atomic E-state index is 12.1. The molecule has 0 aliphatic carbocycles. The van der Waals surface area contributed by atoms with Gasteiger partial charge in [0.2, 0.25) is 0 Å². The molecule has 2 aromatic carbocycles. The highest BCUT2D eigenvalue weighted by Crippen LogP contribution is 2.26. The number of rotatable bonds is 9. The number of nitrogens with one attached hydrogen (secondary N) is 2. The topological polar surface area (TPSA) is 76.7 Å². The first-order valence-electron chi connectivity index (χ1n) is 8.35. The maximum Gasteiger partial charge on any atom is 0.258 e. The Morgan fingerprint density at radius 1 is 0.963 bits per heavy atom. The Morgan fingerprint density at radius 3 is 2.33 bits per heavy atom. The highest BCUT2D eigenvalue weighted by molar-refractivity contribution is 6.35. The van der Waals surface area contributed by atoms with E-state index in [0.29, 0.717) is 28.2 Å². The molecule has 27 heavy (non-hydrogen) atoms. The average molecular weight is 411 g/mol. The molecular weight excluding hydrogens is 391 g/mol. The lowest BCUT2D eigenvalue weighted by Gasteiger charge is -2.12. The SMILES string of the molecule is CCOc1ccccc1OCC(=O)NCCNC(=O)c1cc(Cl)ccc1Cl. The van der Waals surface area contributed by atoms with E-state index in [1.54, 1.807) is 30.3 Å². The van der Waals surface area contributed by atoms with Gasteiger partial charge in [0.15, 0.2) is 18.1 Å². The summed E-state index contributed by atoms with van der Waals surface area (Å²) in [4.78, 5) is 23.9. The molecule has 2 rings (SSSR count). The zero-order valence-corrected chi connectivity index (χ0v) is 16.3. The van der Waals surface area contributed by atoms with Gasteiger partial charge in [0.25, 0.3) is 11.8 Å². The summed E-state index contributed by atoms with van der Waals surface area (Å²) >= 11 is 11.8. The second-order valence-corrected chi connectivity index (χ2v) is 6.24. The van der Waals surface area contributed by atoms with Gasteiger partial charge < -0.3 is 20.1 Å². The van der Waals surface area contributed by atoms with Gasteiger partial charge in [0.1, 0.15) is 0 Å². The van der Waals surface area contributed by atoms with E-state index in [-0.39, 0.29) is 37.1 Å². The summed E-state index contributed by atoms with van der Waals surface area (Å²) in [5.41, 5.74) is 0.284. The third kappa shape index (κ3) is 6.66. The van der Waals surface area contributed by atoms with Crippen molar-refractivity contribution in [3.63, 3.8) is 0 Å². The highest BCUT2D eigenvalue weighted by atomic mass is 35.5. The van der Waals surface area contributed by atoms with Crippen LogP contribution in [0.5, 0.6) is 11.5 Å². The Bertz CT molecular complexity index is 799. The molecule has 2 amide bonds. The van der Waals surface area contributed by atoms with Crippen LogP contribution in [0.4, 0.5) is 0 Å². The third-order valence-corrected chi connectivity index (χ3v) is 3.98. The molecule has 0 aliphatic rings. The first kappa shape index (κ1) is 20.9. The van der Waals surface area contributed by atoms with Gasteiger partial charge in [0, 0.05) is 18.1 Å². The molecule has 0 radical (unpaired) electrons. The van der Waals surface area contributed by atoms with Gasteiger partial charge in [-0.15, -0.1) is 0 Å². The normalized spacial score (nSPS) is 10.2. The number of carbonyl (C=O) groups is 2. The fourth-order valence-corrected chi connectivity index (χ4v) is 2.56. The van der Waals surface area contributed by atoms with Crippen molar-refractivity contribution in [3.05, 3.63) is 58.1 Å². The Kier molecular flexibility index (Phi) is 8.23. The van der Waals surface area contributed by atoms with Crippen LogP contribution in [0.25, 0.3) is 0 Å². The minimum atomic E-state index is -0.362. The van der Waals surface area contributed by atoms with Crippen molar-refractivity contribution in [1.82, 2.24) is 10.6 Å². The molecule has 0 atom stereocenters. The van der Waals surface area contributed by atoms with Gasteiger partial charge in [0.05, 0.1) is 17.2 Å². The van der Waals surface area contributed by atoms with Crippen LogP contribution in [-0.4, -0.2) is 38.1 Å². The van der Waals surface area contributed by atoms with E-state index in [9.17, 15) is 9.59 Å². The second kappa shape index (κ2) is 10.6. The first-order chi connectivity index (χ1) is 13.0. The molecule has 0 aromatic heterocycles. The first-order valence-corrected chi connectivity index (χ1v) is 9.11. The fraction of sp³-hybridized carbons (Fsp3) is 0.263. The van der Waals surface area contributed by atoms with Gasteiger partial charge in [-0.3, -0.25) is 9.59 Å². The summed E-state index contributed by atoms with van der Waals surface area (Å²) in [6, 6.07) is 11.8. The lowest BCUT2D eigenvalue weighted by Crippen LogP contribution is -2.36. The predicted octanol–water partition coefficient (Wildman–Crippen LogP) is 3.32. The van der Waals surface area contributed by atoms with Gasteiger partial charge in [-0.25, -0.2) is 0 Å². The predicted molar refractivity (Wildman–Crippen MR) is 105 cm³/mol. The summed E-state index contributed by atoms with van der Waals surface area (Å²) in [6.45, 7) is 2.71.